The molecular formula is C10H15NO2S. The number of benzene rings is 1. The first-order valence-corrected chi connectivity index (χ1v) is 6.52. The Bertz CT molecular complexity index is 381. The zero-order valence-corrected chi connectivity index (χ0v) is 9.26. The second kappa shape index (κ2) is 4.46. The molecule has 0 fully saturated rings. The van der Waals surface area contributed by atoms with Crippen LogP contribution in [0.5, 0.6) is 0 Å². The number of rotatable bonds is 4. The highest BCUT2D eigenvalue weighted by atomic mass is 32.2. The minimum Gasteiger partial charge on any atom is -0.388 e. The van der Waals surface area contributed by atoms with Gasteiger partial charge in [0.2, 0.25) is 0 Å². The van der Waals surface area contributed by atoms with Crippen molar-refractivity contribution in [2.75, 3.05) is 24.4 Å². The third-order valence-corrected chi connectivity index (χ3v) is 2.95. The summed E-state index contributed by atoms with van der Waals surface area (Å²) in [7, 11) is -1.00. The van der Waals surface area contributed by atoms with E-state index in [1.165, 1.54) is 6.26 Å². The van der Waals surface area contributed by atoms with Gasteiger partial charge in [-0.25, -0.2) is 8.42 Å². The van der Waals surface area contributed by atoms with Crippen LogP contribution in [0.2, 0.25) is 0 Å². The number of nitrogens with one attached hydrogen (secondary N) is 1. The van der Waals surface area contributed by atoms with E-state index in [0.717, 1.165) is 11.3 Å². The molecule has 0 spiro atoms. The SMILES string of the molecule is CNc1ccc(CCS(C)(=O)=O)cc1. The van der Waals surface area contributed by atoms with Crippen LogP contribution in [-0.2, 0) is 16.3 Å². The molecule has 0 aromatic heterocycles. The predicted molar refractivity (Wildman–Crippen MR) is 59.4 cm³/mol. The van der Waals surface area contributed by atoms with Crippen LogP contribution in [-0.4, -0.2) is 27.5 Å². The normalized spacial score (nSPS) is 11.3. The highest BCUT2D eigenvalue weighted by Gasteiger charge is 2.02. The summed E-state index contributed by atoms with van der Waals surface area (Å²) in [6.45, 7) is 0. The lowest BCUT2D eigenvalue weighted by Gasteiger charge is -2.02. The lowest BCUT2D eigenvalue weighted by Crippen LogP contribution is -2.05. The summed E-state index contributed by atoms with van der Waals surface area (Å²) in [4.78, 5) is 0. The molecule has 0 unspecified atom stereocenters. The van der Waals surface area contributed by atoms with Crippen molar-refractivity contribution in [1.29, 1.82) is 0 Å². The highest BCUT2D eigenvalue weighted by molar-refractivity contribution is 7.90. The minimum atomic E-state index is -2.85. The molecule has 0 saturated carbocycles. The maximum Gasteiger partial charge on any atom is 0.147 e. The Morgan fingerprint density at radius 2 is 1.79 bits per heavy atom. The Morgan fingerprint density at radius 3 is 2.21 bits per heavy atom. The molecule has 4 heteroatoms. The van der Waals surface area contributed by atoms with E-state index in [4.69, 9.17) is 0 Å². The van der Waals surface area contributed by atoms with E-state index in [1.807, 2.05) is 31.3 Å². The monoisotopic (exact) mass is 213 g/mol. The zero-order valence-electron chi connectivity index (χ0n) is 8.45. The lowest BCUT2D eigenvalue weighted by atomic mass is 10.1. The zero-order chi connectivity index (χ0) is 10.6. The molecule has 0 bridgehead atoms. The summed E-state index contributed by atoms with van der Waals surface area (Å²) in [6, 6.07) is 7.77. The minimum absolute atomic E-state index is 0.214. The summed E-state index contributed by atoms with van der Waals surface area (Å²) in [5.41, 5.74) is 2.09. The van der Waals surface area contributed by atoms with E-state index >= 15 is 0 Å². The Labute approximate surface area is 85.1 Å². The Hall–Kier alpha value is -1.03. The van der Waals surface area contributed by atoms with Gasteiger partial charge < -0.3 is 5.32 Å². The van der Waals surface area contributed by atoms with Crippen LogP contribution in [0.3, 0.4) is 0 Å². The molecule has 1 N–H and O–H groups in total. The molecule has 0 saturated heterocycles. The number of hydrogen-bond donors (Lipinski definition) is 1. The van der Waals surface area contributed by atoms with Crippen LogP contribution in [0, 0.1) is 0 Å². The Balaban J connectivity index is 2.61. The van der Waals surface area contributed by atoms with Crippen molar-refractivity contribution in [3.8, 4) is 0 Å². The van der Waals surface area contributed by atoms with E-state index in [2.05, 4.69) is 5.32 Å². The van der Waals surface area contributed by atoms with Crippen LogP contribution >= 0.6 is 0 Å². The molecule has 0 aliphatic carbocycles. The Kier molecular flexibility index (Phi) is 3.52. The quantitative estimate of drug-likeness (QED) is 0.820. The van der Waals surface area contributed by atoms with Gasteiger partial charge in [-0.15, -0.1) is 0 Å². The third kappa shape index (κ3) is 3.79. The third-order valence-electron chi connectivity index (χ3n) is 2.00. The Morgan fingerprint density at radius 1 is 1.21 bits per heavy atom. The van der Waals surface area contributed by atoms with Gasteiger partial charge in [0.1, 0.15) is 9.84 Å². The largest absolute Gasteiger partial charge is 0.388 e. The van der Waals surface area contributed by atoms with Gasteiger partial charge >= 0.3 is 0 Å². The molecule has 1 aromatic carbocycles. The van der Waals surface area contributed by atoms with Crippen LogP contribution < -0.4 is 5.32 Å². The van der Waals surface area contributed by atoms with Crippen molar-refractivity contribution in [3.63, 3.8) is 0 Å². The molecule has 1 aromatic rings. The molecule has 14 heavy (non-hydrogen) atoms. The fourth-order valence-electron chi connectivity index (χ4n) is 1.14. The number of anilines is 1. The van der Waals surface area contributed by atoms with Crippen molar-refractivity contribution < 1.29 is 8.42 Å². The summed E-state index contributed by atoms with van der Waals surface area (Å²) in [6.07, 6.45) is 1.85. The predicted octanol–water partition coefficient (Wildman–Crippen LogP) is 1.32. The van der Waals surface area contributed by atoms with Crippen molar-refractivity contribution >= 4 is 15.5 Å². The van der Waals surface area contributed by atoms with E-state index < -0.39 is 9.84 Å². The first kappa shape index (κ1) is 11.0. The van der Waals surface area contributed by atoms with Gasteiger partial charge in [0.05, 0.1) is 5.75 Å². The van der Waals surface area contributed by atoms with E-state index in [0.29, 0.717) is 6.42 Å². The number of sulfone groups is 1. The number of aryl methyl sites for hydroxylation is 1. The molecule has 0 aliphatic heterocycles. The van der Waals surface area contributed by atoms with E-state index in [9.17, 15) is 8.42 Å². The van der Waals surface area contributed by atoms with Gasteiger partial charge in [-0.2, -0.15) is 0 Å². The van der Waals surface area contributed by atoms with Crippen LogP contribution in [0.15, 0.2) is 24.3 Å². The van der Waals surface area contributed by atoms with Gasteiger partial charge in [-0.05, 0) is 24.1 Å². The van der Waals surface area contributed by atoms with Crippen molar-refractivity contribution in [3.05, 3.63) is 29.8 Å². The fraction of sp³-hybridized carbons (Fsp3) is 0.400. The standard InChI is InChI=1S/C10H15NO2S/c1-11-10-5-3-9(4-6-10)7-8-14(2,12)13/h3-6,11H,7-8H2,1-2H3. The van der Waals surface area contributed by atoms with Gasteiger partial charge in [0, 0.05) is 19.0 Å². The first-order chi connectivity index (χ1) is 6.51. The summed E-state index contributed by atoms with van der Waals surface area (Å²) in [5.74, 6) is 0.214. The summed E-state index contributed by atoms with van der Waals surface area (Å²) in [5, 5.41) is 3.01. The second-order valence-electron chi connectivity index (χ2n) is 3.33. The molecule has 0 heterocycles. The molecule has 3 nitrogen and oxygen atoms in total. The molecule has 0 aliphatic rings. The first-order valence-electron chi connectivity index (χ1n) is 4.46. The molecule has 1 rings (SSSR count). The van der Waals surface area contributed by atoms with Crippen molar-refractivity contribution in [1.82, 2.24) is 0 Å². The molecule has 0 atom stereocenters. The average Bonchev–Trinajstić information content (AvgIpc) is 2.14. The smallest absolute Gasteiger partial charge is 0.147 e. The maximum absolute atomic E-state index is 10.9. The van der Waals surface area contributed by atoms with Gasteiger partial charge in [0.25, 0.3) is 0 Å². The summed E-state index contributed by atoms with van der Waals surface area (Å²) < 4.78 is 21.8. The van der Waals surface area contributed by atoms with E-state index in [1.54, 1.807) is 0 Å². The van der Waals surface area contributed by atoms with Gasteiger partial charge in [0.15, 0.2) is 0 Å². The van der Waals surface area contributed by atoms with Gasteiger partial charge in [-0.3, -0.25) is 0 Å². The van der Waals surface area contributed by atoms with Crippen LogP contribution in [0.4, 0.5) is 5.69 Å². The molecule has 78 valence electrons. The lowest BCUT2D eigenvalue weighted by molar-refractivity contribution is 0.601. The topological polar surface area (TPSA) is 46.2 Å². The molecule has 0 amide bonds. The molecule has 0 radical (unpaired) electrons. The highest BCUT2D eigenvalue weighted by Crippen LogP contribution is 2.09. The average molecular weight is 213 g/mol. The molecular weight excluding hydrogens is 198 g/mol. The van der Waals surface area contributed by atoms with Crippen LogP contribution in [0.1, 0.15) is 5.56 Å². The van der Waals surface area contributed by atoms with Crippen LogP contribution in [0.25, 0.3) is 0 Å². The maximum atomic E-state index is 10.9. The van der Waals surface area contributed by atoms with E-state index in [-0.39, 0.29) is 5.75 Å². The second-order valence-corrected chi connectivity index (χ2v) is 5.59. The van der Waals surface area contributed by atoms with Gasteiger partial charge in [-0.1, -0.05) is 12.1 Å². The fourth-order valence-corrected chi connectivity index (χ4v) is 1.75. The summed E-state index contributed by atoms with van der Waals surface area (Å²) >= 11 is 0. The van der Waals surface area contributed by atoms with Crippen molar-refractivity contribution in [2.45, 2.75) is 6.42 Å². The number of hydrogen-bond acceptors (Lipinski definition) is 3. The van der Waals surface area contributed by atoms with Crippen molar-refractivity contribution in [2.24, 2.45) is 0 Å².